The molecule has 0 spiro atoms. The van der Waals surface area contributed by atoms with Crippen LogP contribution in [-0.2, 0) is 6.61 Å². The molecule has 126 valence electrons. The van der Waals surface area contributed by atoms with E-state index in [2.05, 4.69) is 10.1 Å². The lowest BCUT2D eigenvalue weighted by atomic mass is 10.1. The molecule has 1 aromatic heterocycles. The number of aryl methyl sites for hydroxylation is 1. The zero-order valence-corrected chi connectivity index (χ0v) is 13.5. The first-order chi connectivity index (χ1) is 12.1. The van der Waals surface area contributed by atoms with Gasteiger partial charge < -0.3 is 9.26 Å². The van der Waals surface area contributed by atoms with E-state index in [1.165, 1.54) is 24.3 Å². The smallest absolute Gasteiger partial charge is 0.223 e. The molecule has 0 amide bonds. The van der Waals surface area contributed by atoms with Crippen LogP contribution >= 0.6 is 0 Å². The third-order valence-electron chi connectivity index (χ3n) is 3.35. The van der Waals surface area contributed by atoms with Gasteiger partial charge >= 0.3 is 0 Å². The van der Waals surface area contributed by atoms with Gasteiger partial charge in [-0.2, -0.15) is 4.98 Å². The monoisotopic (exact) mass is 338 g/mol. The van der Waals surface area contributed by atoms with Crippen molar-refractivity contribution in [1.82, 2.24) is 10.1 Å². The van der Waals surface area contributed by atoms with Gasteiger partial charge in [-0.15, -0.1) is 0 Å². The van der Waals surface area contributed by atoms with Crippen LogP contribution in [0.4, 0.5) is 4.39 Å². The number of allylic oxidation sites excluding steroid dienone is 1. The van der Waals surface area contributed by atoms with Gasteiger partial charge in [0.05, 0.1) is 0 Å². The highest BCUT2D eigenvalue weighted by Gasteiger charge is 2.04. The van der Waals surface area contributed by atoms with Crippen molar-refractivity contribution in [3.8, 4) is 5.75 Å². The molecule has 0 aliphatic carbocycles. The fourth-order valence-corrected chi connectivity index (χ4v) is 2.13. The molecule has 2 aromatic carbocycles. The molecule has 0 fully saturated rings. The van der Waals surface area contributed by atoms with E-state index in [1.54, 1.807) is 31.2 Å². The summed E-state index contributed by atoms with van der Waals surface area (Å²) in [6, 6.07) is 12.8. The van der Waals surface area contributed by atoms with Crippen LogP contribution in [0.3, 0.4) is 0 Å². The van der Waals surface area contributed by atoms with E-state index in [4.69, 9.17) is 9.26 Å². The van der Waals surface area contributed by atoms with E-state index in [-0.39, 0.29) is 12.4 Å². The summed E-state index contributed by atoms with van der Waals surface area (Å²) in [4.78, 5) is 16.0. The minimum atomic E-state index is -0.433. The van der Waals surface area contributed by atoms with Crippen molar-refractivity contribution >= 4 is 11.9 Å². The minimum absolute atomic E-state index is 0.213. The fraction of sp³-hybridized carbons (Fsp3) is 0.105. The quantitative estimate of drug-likeness (QED) is 0.502. The first-order valence-corrected chi connectivity index (χ1v) is 7.60. The molecule has 0 N–H and O–H groups in total. The molecule has 0 atom stereocenters. The second-order valence-corrected chi connectivity index (χ2v) is 5.30. The second kappa shape index (κ2) is 7.53. The molecule has 25 heavy (non-hydrogen) atoms. The number of carbonyl (C=O) groups is 1. The molecule has 0 unspecified atom stereocenters. The van der Waals surface area contributed by atoms with Crippen molar-refractivity contribution in [1.29, 1.82) is 0 Å². The SMILES string of the molecule is Cc1nc(COc2ccc(/C=C/C(=O)c3cccc(F)c3)cc2)no1. The van der Waals surface area contributed by atoms with E-state index >= 15 is 0 Å². The highest BCUT2D eigenvalue weighted by Crippen LogP contribution is 2.15. The lowest BCUT2D eigenvalue weighted by Gasteiger charge is -2.03. The molecule has 5 nitrogen and oxygen atoms in total. The average Bonchev–Trinajstić information content (AvgIpc) is 3.04. The second-order valence-electron chi connectivity index (χ2n) is 5.30. The number of hydrogen-bond acceptors (Lipinski definition) is 5. The summed E-state index contributed by atoms with van der Waals surface area (Å²) < 4.78 is 23.5. The first-order valence-electron chi connectivity index (χ1n) is 7.60. The Kier molecular flexibility index (Phi) is 4.99. The van der Waals surface area contributed by atoms with Crippen molar-refractivity contribution in [2.24, 2.45) is 0 Å². The number of halogens is 1. The number of nitrogens with zero attached hydrogens (tertiary/aromatic N) is 2. The van der Waals surface area contributed by atoms with Crippen LogP contribution in [0.25, 0.3) is 6.08 Å². The molecule has 0 radical (unpaired) electrons. The molecule has 0 aliphatic heterocycles. The van der Waals surface area contributed by atoms with Gasteiger partial charge in [-0.25, -0.2) is 4.39 Å². The number of benzene rings is 2. The van der Waals surface area contributed by atoms with Crippen molar-refractivity contribution in [3.63, 3.8) is 0 Å². The maximum Gasteiger partial charge on any atom is 0.223 e. The van der Waals surface area contributed by atoms with Gasteiger partial charge in [-0.3, -0.25) is 4.79 Å². The van der Waals surface area contributed by atoms with Crippen LogP contribution in [0, 0.1) is 12.7 Å². The number of rotatable bonds is 6. The van der Waals surface area contributed by atoms with Crippen LogP contribution in [0.2, 0.25) is 0 Å². The van der Waals surface area contributed by atoms with Crippen LogP contribution in [0.5, 0.6) is 5.75 Å². The lowest BCUT2D eigenvalue weighted by Crippen LogP contribution is -1.97. The average molecular weight is 338 g/mol. The highest BCUT2D eigenvalue weighted by molar-refractivity contribution is 6.06. The molecule has 0 bridgehead atoms. The van der Waals surface area contributed by atoms with Gasteiger partial charge in [0, 0.05) is 12.5 Å². The molecule has 0 saturated carbocycles. The molecule has 0 aliphatic rings. The topological polar surface area (TPSA) is 65.2 Å². The Balaban J connectivity index is 1.59. The molecular formula is C19H15FN2O3. The molecule has 3 rings (SSSR count). The van der Waals surface area contributed by atoms with Gasteiger partial charge in [-0.1, -0.05) is 35.5 Å². The van der Waals surface area contributed by atoms with E-state index in [1.807, 2.05) is 12.1 Å². The summed E-state index contributed by atoms with van der Waals surface area (Å²) >= 11 is 0. The van der Waals surface area contributed by atoms with Crippen LogP contribution in [0.1, 0.15) is 27.6 Å². The van der Waals surface area contributed by atoms with Gasteiger partial charge in [0.15, 0.2) is 12.4 Å². The zero-order valence-electron chi connectivity index (χ0n) is 13.5. The fourth-order valence-electron chi connectivity index (χ4n) is 2.13. The first kappa shape index (κ1) is 16.6. The van der Waals surface area contributed by atoms with E-state index in [9.17, 15) is 9.18 Å². The van der Waals surface area contributed by atoms with Crippen molar-refractivity contribution in [2.45, 2.75) is 13.5 Å². The lowest BCUT2D eigenvalue weighted by molar-refractivity contribution is 0.104. The molecule has 6 heteroatoms. The molecule has 1 heterocycles. The maximum atomic E-state index is 13.1. The maximum absolute atomic E-state index is 13.1. The number of ketones is 1. The van der Waals surface area contributed by atoms with Gasteiger partial charge in [0.1, 0.15) is 11.6 Å². The number of aromatic nitrogens is 2. The summed E-state index contributed by atoms with van der Waals surface area (Å²) in [6.07, 6.45) is 3.08. The van der Waals surface area contributed by atoms with Crippen molar-refractivity contribution in [3.05, 3.63) is 83.3 Å². The summed E-state index contributed by atoms with van der Waals surface area (Å²) in [5.41, 5.74) is 1.14. The Hall–Kier alpha value is -3.28. The zero-order chi connectivity index (χ0) is 17.6. The normalized spacial score (nSPS) is 11.0. The molecule has 3 aromatic rings. The van der Waals surface area contributed by atoms with Crippen LogP contribution in [0.15, 0.2) is 59.1 Å². The van der Waals surface area contributed by atoms with E-state index < -0.39 is 5.82 Å². The minimum Gasteiger partial charge on any atom is -0.485 e. The third kappa shape index (κ3) is 4.60. The number of ether oxygens (including phenoxy) is 1. The van der Waals surface area contributed by atoms with Gasteiger partial charge in [-0.05, 0) is 35.9 Å². The highest BCUT2D eigenvalue weighted by atomic mass is 19.1. The van der Waals surface area contributed by atoms with Gasteiger partial charge in [0.2, 0.25) is 11.7 Å². The predicted molar refractivity (Wildman–Crippen MR) is 89.6 cm³/mol. The van der Waals surface area contributed by atoms with Gasteiger partial charge in [0.25, 0.3) is 0 Å². The molecule has 0 saturated heterocycles. The number of hydrogen-bond donors (Lipinski definition) is 0. The Bertz CT molecular complexity index is 901. The van der Waals surface area contributed by atoms with Crippen LogP contribution < -0.4 is 4.74 Å². The summed E-state index contributed by atoms with van der Waals surface area (Å²) in [7, 11) is 0. The Morgan fingerprint density at radius 3 is 2.72 bits per heavy atom. The third-order valence-corrected chi connectivity index (χ3v) is 3.35. The predicted octanol–water partition coefficient (Wildman–Crippen LogP) is 3.99. The van der Waals surface area contributed by atoms with Crippen molar-refractivity contribution in [2.75, 3.05) is 0 Å². The standard InChI is InChI=1S/C19H15FN2O3/c1-13-21-19(22-25-13)12-24-17-8-5-14(6-9-17)7-10-18(23)15-3-2-4-16(20)11-15/h2-11H,12H2,1H3/b10-7+. The molecular weight excluding hydrogens is 323 g/mol. The largest absolute Gasteiger partial charge is 0.485 e. The Morgan fingerprint density at radius 1 is 1.24 bits per heavy atom. The number of carbonyl (C=O) groups excluding carboxylic acids is 1. The van der Waals surface area contributed by atoms with E-state index in [0.29, 0.717) is 23.0 Å². The van der Waals surface area contributed by atoms with E-state index in [0.717, 1.165) is 5.56 Å². The summed E-state index contributed by atoms with van der Waals surface area (Å²) in [5.74, 6) is 0.921. The van der Waals surface area contributed by atoms with Crippen LogP contribution in [-0.4, -0.2) is 15.9 Å². The Morgan fingerprint density at radius 2 is 2.04 bits per heavy atom. The van der Waals surface area contributed by atoms with Crippen molar-refractivity contribution < 1.29 is 18.4 Å². The summed E-state index contributed by atoms with van der Waals surface area (Å²) in [5, 5.41) is 3.75. The Labute approximate surface area is 143 Å². The summed E-state index contributed by atoms with van der Waals surface area (Å²) in [6.45, 7) is 1.92.